The molecule has 1 aromatic rings. The van der Waals surface area contributed by atoms with Crippen LogP contribution in [0.1, 0.15) is 10.4 Å². The van der Waals surface area contributed by atoms with Crippen LogP contribution in [0.5, 0.6) is 0 Å². The lowest BCUT2D eigenvalue weighted by Crippen LogP contribution is -2.38. The summed E-state index contributed by atoms with van der Waals surface area (Å²) in [6, 6.07) is 5.70. The molecule has 0 aliphatic heterocycles. The second kappa shape index (κ2) is 5.02. The van der Waals surface area contributed by atoms with Crippen molar-refractivity contribution in [2.24, 2.45) is 0 Å². The van der Waals surface area contributed by atoms with Gasteiger partial charge >= 0.3 is 12.1 Å². The van der Waals surface area contributed by atoms with Gasteiger partial charge in [-0.15, -0.1) is 0 Å². The number of halogens is 7. The van der Waals surface area contributed by atoms with Crippen molar-refractivity contribution in [3.63, 3.8) is 0 Å². The van der Waals surface area contributed by atoms with E-state index in [4.69, 9.17) is 0 Å². The van der Waals surface area contributed by atoms with Crippen LogP contribution in [0.3, 0.4) is 0 Å². The summed E-state index contributed by atoms with van der Waals surface area (Å²) >= 11 is 0. The van der Waals surface area contributed by atoms with Gasteiger partial charge in [0.2, 0.25) is 17.4 Å². The second-order valence-corrected chi connectivity index (χ2v) is 3.40. The molecule has 0 N–H and O–H groups in total. The lowest BCUT2D eigenvalue weighted by Gasteiger charge is -2.17. The van der Waals surface area contributed by atoms with Crippen LogP contribution >= 0.6 is 0 Å². The largest absolute Gasteiger partial charge is 0.460 e. The number of ketones is 1. The molecule has 19 heavy (non-hydrogen) atoms. The standard InChI is InChI=1S/C11H5F7O/c12-7(8(19)6-4-2-1-3-5-6)9(13)10(14,15)11(16,17)18/h1-5H/b9-7+. The topological polar surface area (TPSA) is 17.1 Å². The maximum atomic E-state index is 13.1. The van der Waals surface area contributed by atoms with Crippen molar-refractivity contribution >= 4 is 5.78 Å². The monoisotopic (exact) mass is 286 g/mol. The molecule has 0 saturated heterocycles. The average molecular weight is 286 g/mol. The number of benzene rings is 1. The molecule has 0 saturated carbocycles. The second-order valence-electron chi connectivity index (χ2n) is 3.40. The van der Waals surface area contributed by atoms with Gasteiger partial charge in [0.25, 0.3) is 0 Å². The first kappa shape index (κ1) is 15.2. The summed E-state index contributed by atoms with van der Waals surface area (Å²) in [5.41, 5.74) is -0.548. The molecule has 0 aliphatic rings. The number of carbonyl (C=O) groups is 1. The Balaban J connectivity index is 3.21. The van der Waals surface area contributed by atoms with E-state index in [1.165, 1.54) is 18.2 Å². The van der Waals surface area contributed by atoms with E-state index in [0.29, 0.717) is 0 Å². The van der Waals surface area contributed by atoms with E-state index in [1.807, 2.05) is 0 Å². The molecule has 0 bridgehead atoms. The average Bonchev–Trinajstić information content (AvgIpc) is 2.35. The summed E-state index contributed by atoms with van der Waals surface area (Å²) in [5, 5.41) is 0. The van der Waals surface area contributed by atoms with E-state index < -0.39 is 35.1 Å². The lowest BCUT2D eigenvalue weighted by molar-refractivity contribution is -0.271. The minimum atomic E-state index is -6.33. The molecule has 104 valence electrons. The molecule has 0 radical (unpaired) electrons. The van der Waals surface area contributed by atoms with Gasteiger partial charge in [0.1, 0.15) is 0 Å². The predicted octanol–water partition coefficient (Wildman–Crippen LogP) is 4.22. The van der Waals surface area contributed by atoms with E-state index >= 15 is 0 Å². The molecule has 0 heterocycles. The minimum Gasteiger partial charge on any atom is -0.286 e. The molecule has 0 aromatic heterocycles. The summed E-state index contributed by atoms with van der Waals surface area (Å²) in [6.07, 6.45) is -6.33. The molecule has 0 aliphatic carbocycles. The van der Waals surface area contributed by atoms with Crippen molar-refractivity contribution in [1.29, 1.82) is 0 Å². The van der Waals surface area contributed by atoms with Crippen molar-refractivity contribution in [3.05, 3.63) is 47.5 Å². The van der Waals surface area contributed by atoms with Crippen molar-refractivity contribution in [2.75, 3.05) is 0 Å². The fourth-order valence-corrected chi connectivity index (χ4v) is 1.08. The Hall–Kier alpha value is -1.86. The van der Waals surface area contributed by atoms with Crippen LogP contribution in [-0.4, -0.2) is 17.9 Å². The smallest absolute Gasteiger partial charge is 0.286 e. The van der Waals surface area contributed by atoms with Gasteiger partial charge in [0.05, 0.1) is 0 Å². The van der Waals surface area contributed by atoms with Crippen LogP contribution in [-0.2, 0) is 0 Å². The summed E-state index contributed by atoms with van der Waals surface area (Å²) in [6.45, 7) is 0. The van der Waals surface area contributed by atoms with Crippen LogP contribution in [0.15, 0.2) is 42.0 Å². The van der Waals surface area contributed by atoms with Gasteiger partial charge in [-0.3, -0.25) is 4.79 Å². The Morgan fingerprint density at radius 3 is 1.79 bits per heavy atom. The number of allylic oxidation sites excluding steroid dienone is 2. The number of rotatable bonds is 3. The number of alkyl halides is 5. The SMILES string of the molecule is O=C(/C(F)=C(\F)C(F)(F)C(F)(F)F)c1ccccc1. The third-order valence-electron chi connectivity index (χ3n) is 2.06. The van der Waals surface area contributed by atoms with E-state index in [9.17, 15) is 35.5 Å². The van der Waals surface area contributed by atoms with E-state index in [0.717, 1.165) is 12.1 Å². The first-order chi connectivity index (χ1) is 8.59. The molecule has 0 unspecified atom stereocenters. The van der Waals surface area contributed by atoms with Crippen molar-refractivity contribution in [2.45, 2.75) is 12.1 Å². The molecule has 1 rings (SSSR count). The van der Waals surface area contributed by atoms with Crippen LogP contribution in [0.2, 0.25) is 0 Å². The molecule has 0 amide bonds. The molecular formula is C11H5F7O. The molecule has 0 spiro atoms. The fraction of sp³-hybridized carbons (Fsp3) is 0.182. The van der Waals surface area contributed by atoms with Crippen LogP contribution in [0.4, 0.5) is 30.7 Å². The molecular weight excluding hydrogens is 281 g/mol. The van der Waals surface area contributed by atoms with Crippen molar-refractivity contribution < 1.29 is 35.5 Å². The molecule has 1 aromatic carbocycles. The Morgan fingerprint density at radius 2 is 1.37 bits per heavy atom. The Labute approximate surface area is 102 Å². The number of hydrogen-bond acceptors (Lipinski definition) is 1. The summed E-state index contributed by atoms with van der Waals surface area (Å²) in [7, 11) is 0. The number of hydrogen-bond donors (Lipinski definition) is 0. The van der Waals surface area contributed by atoms with Crippen molar-refractivity contribution in [1.82, 2.24) is 0 Å². The van der Waals surface area contributed by atoms with Crippen LogP contribution in [0.25, 0.3) is 0 Å². The summed E-state index contributed by atoms with van der Waals surface area (Å²) in [4.78, 5) is 11.2. The quantitative estimate of drug-likeness (QED) is 0.462. The first-order valence-electron chi connectivity index (χ1n) is 4.69. The Bertz CT molecular complexity index is 502. The van der Waals surface area contributed by atoms with E-state index in [-0.39, 0.29) is 0 Å². The highest BCUT2D eigenvalue weighted by Crippen LogP contribution is 2.43. The van der Waals surface area contributed by atoms with E-state index in [2.05, 4.69) is 0 Å². The first-order valence-corrected chi connectivity index (χ1v) is 4.69. The lowest BCUT2D eigenvalue weighted by atomic mass is 10.1. The highest BCUT2D eigenvalue weighted by atomic mass is 19.4. The Morgan fingerprint density at radius 1 is 0.895 bits per heavy atom. The van der Waals surface area contributed by atoms with Gasteiger partial charge in [-0.05, 0) is 0 Å². The zero-order valence-electron chi connectivity index (χ0n) is 8.94. The third kappa shape index (κ3) is 2.94. The molecule has 1 nitrogen and oxygen atoms in total. The number of Topliss-reactive ketones (excluding diaryl/α,β-unsaturated/α-hetero) is 1. The molecule has 0 fully saturated rings. The van der Waals surface area contributed by atoms with Gasteiger partial charge in [-0.1, -0.05) is 30.3 Å². The van der Waals surface area contributed by atoms with Gasteiger partial charge in [-0.2, -0.15) is 26.3 Å². The number of carbonyl (C=O) groups excluding carboxylic acids is 1. The van der Waals surface area contributed by atoms with Gasteiger partial charge in [0.15, 0.2) is 0 Å². The highest BCUT2D eigenvalue weighted by molar-refractivity contribution is 6.07. The molecule has 8 heteroatoms. The van der Waals surface area contributed by atoms with E-state index in [1.54, 1.807) is 0 Å². The minimum absolute atomic E-state index is 0.548. The van der Waals surface area contributed by atoms with Gasteiger partial charge < -0.3 is 0 Å². The normalized spacial score (nSPS) is 14.1. The third-order valence-corrected chi connectivity index (χ3v) is 2.06. The van der Waals surface area contributed by atoms with Crippen LogP contribution in [0, 0.1) is 0 Å². The Kier molecular flexibility index (Phi) is 4.02. The van der Waals surface area contributed by atoms with Gasteiger partial charge in [-0.25, -0.2) is 4.39 Å². The van der Waals surface area contributed by atoms with Gasteiger partial charge in [0, 0.05) is 5.56 Å². The fourth-order valence-electron chi connectivity index (χ4n) is 1.08. The molecule has 0 atom stereocenters. The maximum absolute atomic E-state index is 13.1. The van der Waals surface area contributed by atoms with Crippen molar-refractivity contribution in [3.8, 4) is 0 Å². The highest BCUT2D eigenvalue weighted by Gasteiger charge is 2.62. The summed E-state index contributed by atoms with van der Waals surface area (Å²) in [5.74, 6) is -14.2. The zero-order valence-corrected chi connectivity index (χ0v) is 8.94. The predicted molar refractivity (Wildman–Crippen MR) is 51.0 cm³/mol. The summed E-state index contributed by atoms with van der Waals surface area (Å²) < 4.78 is 86.3. The zero-order chi connectivity index (χ0) is 14.8. The maximum Gasteiger partial charge on any atom is 0.460 e. The van der Waals surface area contributed by atoms with Crippen LogP contribution < -0.4 is 0 Å².